The van der Waals surface area contributed by atoms with E-state index in [0.717, 1.165) is 10.9 Å². The number of carbonyl (C=O) groups is 1. The first kappa shape index (κ1) is 12.6. The van der Waals surface area contributed by atoms with E-state index in [-0.39, 0.29) is 0 Å². The van der Waals surface area contributed by atoms with Crippen LogP contribution in [0.4, 0.5) is 4.39 Å². The molecule has 2 rings (SSSR count). The summed E-state index contributed by atoms with van der Waals surface area (Å²) in [6.07, 6.45) is 1.12. The van der Waals surface area contributed by atoms with Crippen LogP contribution in [-0.2, 0) is 0 Å². The second kappa shape index (κ2) is 4.41. The van der Waals surface area contributed by atoms with Gasteiger partial charge in [-0.1, -0.05) is 0 Å². The third-order valence-electron chi connectivity index (χ3n) is 2.38. The van der Waals surface area contributed by atoms with Crippen molar-refractivity contribution in [3.63, 3.8) is 0 Å². The first-order valence-electron chi connectivity index (χ1n) is 4.88. The Morgan fingerprint density at radius 2 is 2.17 bits per heavy atom. The molecule has 1 aromatic carbocycles. The Labute approximate surface area is 110 Å². The highest BCUT2D eigenvalue weighted by molar-refractivity contribution is 9.10. The van der Waals surface area contributed by atoms with Gasteiger partial charge in [0.05, 0.1) is 16.4 Å². The van der Waals surface area contributed by atoms with Crippen molar-refractivity contribution in [2.24, 2.45) is 0 Å². The Bertz CT molecular complexity index is 639. The van der Waals surface area contributed by atoms with Crippen LogP contribution in [0.5, 0.6) is 5.75 Å². The van der Waals surface area contributed by atoms with Crippen LogP contribution in [0.2, 0.25) is 0 Å². The number of carboxylic acids is 1. The van der Waals surface area contributed by atoms with Gasteiger partial charge in [0.15, 0.2) is 5.75 Å². The summed E-state index contributed by atoms with van der Waals surface area (Å²) in [7, 11) is 0. The number of aryl methyl sites for hydroxylation is 1. The Balaban J connectivity index is 2.59. The van der Waals surface area contributed by atoms with Gasteiger partial charge in [0.1, 0.15) is 5.82 Å². The quantitative estimate of drug-likeness (QED) is 0.893. The lowest BCUT2D eigenvalue weighted by Gasteiger charge is -2.06. The number of halogens is 2. The number of rotatable bonds is 2. The van der Waals surface area contributed by atoms with Crippen LogP contribution in [0.1, 0.15) is 16.1 Å². The Morgan fingerprint density at radius 3 is 2.72 bits per heavy atom. The predicted molar refractivity (Wildman–Crippen MR) is 64.6 cm³/mol. The second-order valence-corrected chi connectivity index (χ2v) is 4.52. The van der Waals surface area contributed by atoms with Gasteiger partial charge in [-0.05, 0) is 34.5 Å². The monoisotopic (exact) mass is 314 g/mol. The minimum atomic E-state index is -1.35. The third kappa shape index (κ3) is 2.08. The molecule has 7 heteroatoms. The summed E-state index contributed by atoms with van der Waals surface area (Å²) in [5.74, 6) is -2.31. The molecule has 0 spiro atoms. The highest BCUT2D eigenvalue weighted by Gasteiger charge is 2.17. The van der Waals surface area contributed by atoms with Gasteiger partial charge in [0, 0.05) is 6.07 Å². The molecular weight excluding hydrogens is 307 g/mol. The van der Waals surface area contributed by atoms with Crippen molar-refractivity contribution in [2.45, 2.75) is 6.92 Å². The molecule has 0 aliphatic rings. The largest absolute Gasteiger partial charge is 0.504 e. The van der Waals surface area contributed by atoms with E-state index in [1.165, 1.54) is 6.07 Å². The molecule has 0 bridgehead atoms. The molecule has 18 heavy (non-hydrogen) atoms. The molecule has 5 nitrogen and oxygen atoms in total. The van der Waals surface area contributed by atoms with E-state index in [9.17, 15) is 14.3 Å². The fraction of sp³-hybridized carbons (Fsp3) is 0.0909. The molecule has 0 saturated carbocycles. The summed E-state index contributed by atoms with van der Waals surface area (Å²) in [5.41, 5.74) is 0.568. The smallest absolute Gasteiger partial charge is 0.360 e. The van der Waals surface area contributed by atoms with Crippen molar-refractivity contribution in [2.75, 3.05) is 0 Å². The maximum absolute atomic E-state index is 13.4. The number of hydrogen-bond donors (Lipinski definition) is 2. The molecule has 0 radical (unpaired) electrons. The molecule has 2 N–H and O–H groups in total. The molecule has 0 unspecified atom stereocenters. The molecule has 0 aliphatic heterocycles. The SMILES string of the molecule is Cc1cc(Br)c(F)cc1-n1cc(O)c(C(=O)O)n1. The molecule has 94 valence electrons. The first-order chi connectivity index (χ1) is 8.40. The Hall–Kier alpha value is -1.89. The second-order valence-electron chi connectivity index (χ2n) is 3.67. The Morgan fingerprint density at radius 1 is 1.50 bits per heavy atom. The summed E-state index contributed by atoms with van der Waals surface area (Å²) in [6.45, 7) is 1.72. The van der Waals surface area contributed by atoms with Gasteiger partial charge in [-0.3, -0.25) is 0 Å². The fourth-order valence-electron chi connectivity index (χ4n) is 1.52. The summed E-state index contributed by atoms with van der Waals surface area (Å²) in [5, 5.41) is 21.9. The zero-order chi connectivity index (χ0) is 13.4. The van der Waals surface area contributed by atoms with Gasteiger partial charge in [0.2, 0.25) is 5.69 Å². The number of carboxylic acid groups (broad SMARTS) is 1. The number of nitrogens with zero attached hydrogens (tertiary/aromatic N) is 2. The van der Waals surface area contributed by atoms with Crippen molar-refractivity contribution in [1.82, 2.24) is 9.78 Å². The van der Waals surface area contributed by atoms with Gasteiger partial charge in [0.25, 0.3) is 0 Å². The molecular formula is C11H8BrFN2O3. The molecule has 2 aromatic rings. The van der Waals surface area contributed by atoms with Crippen LogP contribution in [0, 0.1) is 12.7 Å². The van der Waals surface area contributed by atoms with Gasteiger partial charge in [-0.15, -0.1) is 0 Å². The van der Waals surface area contributed by atoms with Crippen LogP contribution >= 0.6 is 15.9 Å². The number of aromatic hydroxyl groups is 1. The lowest BCUT2D eigenvalue weighted by molar-refractivity contribution is 0.0687. The lowest BCUT2D eigenvalue weighted by atomic mass is 10.2. The molecule has 0 atom stereocenters. The van der Waals surface area contributed by atoms with Crippen molar-refractivity contribution in [3.05, 3.63) is 39.9 Å². The molecule has 0 fully saturated rings. The van der Waals surface area contributed by atoms with E-state index in [4.69, 9.17) is 5.11 Å². The van der Waals surface area contributed by atoms with Gasteiger partial charge in [-0.25, -0.2) is 13.9 Å². The number of aromatic nitrogens is 2. The maximum Gasteiger partial charge on any atom is 0.360 e. The fourth-order valence-corrected chi connectivity index (χ4v) is 1.98. The summed E-state index contributed by atoms with van der Waals surface area (Å²) in [4.78, 5) is 10.8. The van der Waals surface area contributed by atoms with Crippen molar-refractivity contribution in [1.29, 1.82) is 0 Å². The zero-order valence-corrected chi connectivity index (χ0v) is 10.8. The first-order valence-corrected chi connectivity index (χ1v) is 5.67. The maximum atomic E-state index is 13.4. The summed E-state index contributed by atoms with van der Waals surface area (Å²) >= 11 is 3.05. The average Bonchev–Trinajstić information content (AvgIpc) is 2.65. The summed E-state index contributed by atoms with van der Waals surface area (Å²) < 4.78 is 14.9. The van der Waals surface area contributed by atoms with Crippen molar-refractivity contribution in [3.8, 4) is 11.4 Å². The van der Waals surface area contributed by atoms with Gasteiger partial charge in [-0.2, -0.15) is 5.10 Å². The predicted octanol–water partition coefficient (Wildman–Crippen LogP) is 2.49. The number of aromatic carboxylic acids is 1. The minimum Gasteiger partial charge on any atom is -0.504 e. The van der Waals surface area contributed by atoms with Crippen LogP contribution in [0.25, 0.3) is 5.69 Å². The van der Waals surface area contributed by atoms with Crippen LogP contribution in [0.15, 0.2) is 22.8 Å². The highest BCUT2D eigenvalue weighted by Crippen LogP contribution is 2.25. The molecule has 0 aliphatic carbocycles. The topological polar surface area (TPSA) is 75.4 Å². The van der Waals surface area contributed by atoms with Crippen LogP contribution in [0.3, 0.4) is 0 Å². The Kier molecular flexibility index (Phi) is 3.08. The molecule has 1 aromatic heterocycles. The third-order valence-corrected chi connectivity index (χ3v) is 2.99. The number of hydrogen-bond acceptors (Lipinski definition) is 3. The van der Waals surface area contributed by atoms with E-state index in [2.05, 4.69) is 21.0 Å². The van der Waals surface area contributed by atoms with E-state index in [1.807, 2.05) is 0 Å². The van der Waals surface area contributed by atoms with Crippen LogP contribution < -0.4 is 0 Å². The van der Waals surface area contributed by atoms with Crippen LogP contribution in [-0.4, -0.2) is 26.0 Å². The number of benzene rings is 1. The normalized spacial score (nSPS) is 10.6. The summed E-state index contributed by atoms with van der Waals surface area (Å²) in [6, 6.07) is 2.75. The average molecular weight is 315 g/mol. The zero-order valence-electron chi connectivity index (χ0n) is 9.19. The van der Waals surface area contributed by atoms with E-state index >= 15 is 0 Å². The highest BCUT2D eigenvalue weighted by atomic mass is 79.9. The minimum absolute atomic E-state index is 0.304. The van der Waals surface area contributed by atoms with Gasteiger partial charge >= 0.3 is 5.97 Å². The standard InChI is InChI=1S/C11H8BrFN2O3/c1-5-2-6(12)7(13)3-8(5)15-4-9(16)10(14-15)11(17)18/h2-4,16H,1H3,(H,17,18). The lowest BCUT2D eigenvalue weighted by Crippen LogP contribution is -2.03. The molecule has 0 amide bonds. The van der Waals surface area contributed by atoms with Gasteiger partial charge < -0.3 is 10.2 Å². The van der Waals surface area contributed by atoms with E-state index in [1.54, 1.807) is 13.0 Å². The van der Waals surface area contributed by atoms with E-state index in [0.29, 0.717) is 15.7 Å². The molecule has 0 saturated heterocycles. The molecule has 1 heterocycles. The van der Waals surface area contributed by atoms with Crippen molar-refractivity contribution >= 4 is 21.9 Å². The van der Waals surface area contributed by atoms with E-state index < -0.39 is 23.2 Å². The van der Waals surface area contributed by atoms with Crippen molar-refractivity contribution < 1.29 is 19.4 Å².